The van der Waals surface area contributed by atoms with Gasteiger partial charge in [0.25, 0.3) is 0 Å². The van der Waals surface area contributed by atoms with Crippen molar-refractivity contribution in [3.05, 3.63) is 54.6 Å². The number of aromatic nitrogens is 2. The molecule has 0 aliphatic heterocycles. The Morgan fingerprint density at radius 2 is 1.74 bits per heavy atom. The van der Waals surface area contributed by atoms with Crippen molar-refractivity contribution in [2.75, 3.05) is 10.6 Å². The van der Waals surface area contributed by atoms with E-state index in [4.69, 9.17) is 5.11 Å². The number of benzene rings is 2. The molecule has 116 valence electrons. The van der Waals surface area contributed by atoms with Crippen LogP contribution in [0.25, 0.3) is 10.9 Å². The molecule has 6 heteroatoms. The number of carbonyl (C=O) groups is 1. The van der Waals surface area contributed by atoms with Crippen molar-refractivity contribution >= 4 is 34.3 Å². The maximum Gasteiger partial charge on any atom is 0.325 e. The van der Waals surface area contributed by atoms with Crippen molar-refractivity contribution in [3.63, 3.8) is 0 Å². The Morgan fingerprint density at radius 1 is 1.04 bits per heavy atom. The predicted molar refractivity (Wildman–Crippen MR) is 90.0 cm³/mol. The first-order valence-electron chi connectivity index (χ1n) is 7.21. The average Bonchev–Trinajstić information content (AvgIpc) is 2.55. The summed E-state index contributed by atoms with van der Waals surface area (Å²) in [4.78, 5) is 20.0. The van der Waals surface area contributed by atoms with Crippen LogP contribution in [0.2, 0.25) is 0 Å². The topological polar surface area (TPSA) is 87.1 Å². The summed E-state index contributed by atoms with van der Waals surface area (Å²) < 4.78 is 0. The van der Waals surface area contributed by atoms with Gasteiger partial charge < -0.3 is 15.7 Å². The number of hydrogen-bond acceptors (Lipinski definition) is 5. The molecule has 1 heterocycles. The monoisotopic (exact) mass is 308 g/mol. The van der Waals surface area contributed by atoms with Crippen molar-refractivity contribution in [2.24, 2.45) is 0 Å². The van der Waals surface area contributed by atoms with Crippen molar-refractivity contribution in [1.29, 1.82) is 0 Å². The number of fused-ring (bicyclic) bond motifs is 1. The van der Waals surface area contributed by atoms with Gasteiger partial charge in [-0.25, -0.2) is 4.98 Å². The number of para-hydroxylation sites is 2. The Bertz CT molecular complexity index is 836. The Morgan fingerprint density at radius 3 is 2.48 bits per heavy atom. The van der Waals surface area contributed by atoms with Gasteiger partial charge in [-0.2, -0.15) is 4.98 Å². The Labute approximate surface area is 133 Å². The van der Waals surface area contributed by atoms with Crippen molar-refractivity contribution < 1.29 is 9.90 Å². The maximum atomic E-state index is 11.1. The van der Waals surface area contributed by atoms with Crippen LogP contribution in [0.5, 0.6) is 0 Å². The first kappa shape index (κ1) is 14.8. The van der Waals surface area contributed by atoms with Crippen LogP contribution >= 0.6 is 0 Å². The van der Waals surface area contributed by atoms with Crippen LogP contribution in [0, 0.1) is 0 Å². The van der Waals surface area contributed by atoms with Crippen LogP contribution in [0.1, 0.15) is 6.92 Å². The summed E-state index contributed by atoms with van der Waals surface area (Å²) in [6, 6.07) is 16.3. The highest BCUT2D eigenvalue weighted by molar-refractivity contribution is 5.91. The molecule has 0 fully saturated rings. The van der Waals surface area contributed by atoms with Crippen LogP contribution in [0.15, 0.2) is 54.6 Å². The fraction of sp³-hybridized carbons (Fsp3) is 0.118. The highest BCUT2D eigenvalue weighted by atomic mass is 16.4. The van der Waals surface area contributed by atoms with Gasteiger partial charge in [0.2, 0.25) is 5.95 Å². The lowest BCUT2D eigenvalue weighted by molar-refractivity contribution is -0.137. The van der Waals surface area contributed by atoms with Crippen LogP contribution in [-0.2, 0) is 4.79 Å². The van der Waals surface area contributed by atoms with E-state index in [0.29, 0.717) is 11.8 Å². The number of rotatable bonds is 5. The van der Waals surface area contributed by atoms with Crippen LogP contribution in [-0.4, -0.2) is 27.1 Å². The second-order valence-corrected chi connectivity index (χ2v) is 5.11. The molecule has 0 bridgehead atoms. The molecule has 3 rings (SSSR count). The Kier molecular flexibility index (Phi) is 4.05. The van der Waals surface area contributed by atoms with Crippen LogP contribution in [0.4, 0.5) is 17.5 Å². The van der Waals surface area contributed by atoms with Gasteiger partial charge in [0.05, 0.1) is 5.52 Å². The quantitative estimate of drug-likeness (QED) is 0.670. The molecule has 3 N–H and O–H groups in total. The van der Waals surface area contributed by atoms with Gasteiger partial charge in [-0.3, -0.25) is 4.79 Å². The summed E-state index contributed by atoms with van der Waals surface area (Å²) >= 11 is 0. The second-order valence-electron chi connectivity index (χ2n) is 5.11. The Hall–Kier alpha value is -3.15. The van der Waals surface area contributed by atoms with Gasteiger partial charge in [-0.1, -0.05) is 30.3 Å². The fourth-order valence-corrected chi connectivity index (χ4v) is 2.16. The normalized spacial score (nSPS) is 11.9. The fourth-order valence-electron chi connectivity index (χ4n) is 2.16. The van der Waals surface area contributed by atoms with Crippen LogP contribution in [0.3, 0.4) is 0 Å². The summed E-state index contributed by atoms with van der Waals surface area (Å²) in [5.74, 6) is -0.0378. The maximum absolute atomic E-state index is 11.1. The third-order valence-electron chi connectivity index (χ3n) is 3.36. The molecule has 3 aromatic rings. The number of carboxylic acids is 1. The number of hydrogen-bond donors (Lipinski definition) is 3. The summed E-state index contributed by atoms with van der Waals surface area (Å²) in [5, 5.41) is 15.9. The number of nitrogens with one attached hydrogen (secondary N) is 2. The van der Waals surface area contributed by atoms with Crippen molar-refractivity contribution in [2.45, 2.75) is 13.0 Å². The molecule has 0 radical (unpaired) electrons. The van der Waals surface area contributed by atoms with Gasteiger partial charge >= 0.3 is 5.97 Å². The molecule has 23 heavy (non-hydrogen) atoms. The Balaban J connectivity index is 2.01. The molecule has 0 saturated carbocycles. The standard InChI is InChI=1S/C17H16N4O2/c1-11(16(22)23)18-15-13-9-5-6-10-14(13)20-17(21-15)19-12-7-3-2-4-8-12/h2-11H,1H3,(H,22,23)(H2,18,19,20,21). The van der Waals surface area contributed by atoms with Gasteiger partial charge in [-0.15, -0.1) is 0 Å². The van der Waals surface area contributed by atoms with E-state index in [1.165, 1.54) is 0 Å². The zero-order valence-electron chi connectivity index (χ0n) is 12.5. The summed E-state index contributed by atoms with van der Waals surface area (Å²) in [6.45, 7) is 1.57. The molecule has 0 aliphatic carbocycles. The van der Waals surface area contributed by atoms with Crippen LogP contribution < -0.4 is 10.6 Å². The van der Waals surface area contributed by atoms with E-state index in [9.17, 15) is 4.79 Å². The van der Waals surface area contributed by atoms with Crippen molar-refractivity contribution in [3.8, 4) is 0 Å². The molecule has 0 spiro atoms. The molecule has 1 aromatic heterocycles. The molecular weight excluding hydrogens is 292 g/mol. The summed E-state index contributed by atoms with van der Waals surface area (Å²) in [6.07, 6.45) is 0. The smallest absolute Gasteiger partial charge is 0.325 e. The summed E-state index contributed by atoms with van der Waals surface area (Å²) in [7, 11) is 0. The molecular formula is C17H16N4O2. The second kappa shape index (κ2) is 6.31. The SMILES string of the molecule is CC(Nc1nc(Nc2ccccc2)nc2ccccc12)C(=O)O. The summed E-state index contributed by atoms with van der Waals surface area (Å²) in [5.41, 5.74) is 1.60. The lowest BCUT2D eigenvalue weighted by atomic mass is 10.2. The van der Waals surface area contributed by atoms with E-state index >= 15 is 0 Å². The molecule has 2 aromatic carbocycles. The van der Waals surface area contributed by atoms with Crippen molar-refractivity contribution in [1.82, 2.24) is 9.97 Å². The molecule has 1 unspecified atom stereocenters. The number of carboxylic acid groups (broad SMARTS) is 1. The third-order valence-corrected chi connectivity index (χ3v) is 3.36. The van der Waals surface area contributed by atoms with Gasteiger partial charge in [0.1, 0.15) is 11.9 Å². The first-order valence-corrected chi connectivity index (χ1v) is 7.21. The van der Waals surface area contributed by atoms with E-state index in [2.05, 4.69) is 20.6 Å². The predicted octanol–water partition coefficient (Wildman–Crippen LogP) is 3.26. The lowest BCUT2D eigenvalue weighted by Gasteiger charge is -2.14. The zero-order chi connectivity index (χ0) is 16.2. The van der Waals surface area contributed by atoms with E-state index in [-0.39, 0.29) is 0 Å². The van der Waals surface area contributed by atoms with E-state index in [1.54, 1.807) is 6.92 Å². The number of anilines is 3. The number of nitrogens with zero attached hydrogens (tertiary/aromatic N) is 2. The minimum atomic E-state index is -0.940. The van der Waals surface area contributed by atoms with Gasteiger partial charge in [0.15, 0.2) is 0 Å². The molecule has 0 aliphatic rings. The number of aliphatic carboxylic acids is 1. The minimum Gasteiger partial charge on any atom is -0.480 e. The van der Waals surface area contributed by atoms with E-state index < -0.39 is 12.0 Å². The van der Waals surface area contributed by atoms with E-state index in [1.807, 2.05) is 54.6 Å². The first-order chi connectivity index (χ1) is 11.1. The molecule has 6 nitrogen and oxygen atoms in total. The van der Waals surface area contributed by atoms with Gasteiger partial charge in [0, 0.05) is 11.1 Å². The highest BCUT2D eigenvalue weighted by Gasteiger charge is 2.14. The third kappa shape index (κ3) is 3.37. The zero-order valence-corrected chi connectivity index (χ0v) is 12.5. The molecule has 1 atom stereocenters. The molecule has 0 saturated heterocycles. The highest BCUT2D eigenvalue weighted by Crippen LogP contribution is 2.24. The average molecular weight is 308 g/mol. The van der Waals surface area contributed by atoms with Gasteiger partial charge in [-0.05, 0) is 31.2 Å². The molecule has 0 amide bonds. The lowest BCUT2D eigenvalue weighted by Crippen LogP contribution is -2.26. The van der Waals surface area contributed by atoms with E-state index in [0.717, 1.165) is 16.6 Å². The largest absolute Gasteiger partial charge is 0.480 e. The minimum absolute atomic E-state index is 0.412.